The van der Waals surface area contributed by atoms with Gasteiger partial charge < -0.3 is 21.3 Å². The molecule has 0 unspecified atom stereocenters. The van der Waals surface area contributed by atoms with Crippen molar-refractivity contribution in [2.24, 2.45) is 11.7 Å². The van der Waals surface area contributed by atoms with Crippen LogP contribution in [0.4, 0.5) is 5.82 Å². The van der Waals surface area contributed by atoms with Crippen LogP contribution in [0.5, 0.6) is 0 Å². The summed E-state index contributed by atoms with van der Waals surface area (Å²) in [6.07, 6.45) is 5.44. The predicted octanol–water partition coefficient (Wildman–Crippen LogP) is 1.63. The fourth-order valence-corrected chi connectivity index (χ4v) is 2.72. The van der Waals surface area contributed by atoms with Crippen LogP contribution in [0.2, 0.25) is 0 Å². The predicted molar refractivity (Wildman–Crippen MR) is 112 cm³/mol. The van der Waals surface area contributed by atoms with Crippen LogP contribution in [0, 0.1) is 5.92 Å². The summed E-state index contributed by atoms with van der Waals surface area (Å²) in [5.74, 6) is 0.456. The fourth-order valence-electron chi connectivity index (χ4n) is 2.72. The van der Waals surface area contributed by atoms with Gasteiger partial charge in [0.1, 0.15) is 5.82 Å². The molecule has 27 heavy (non-hydrogen) atoms. The van der Waals surface area contributed by atoms with Crippen LogP contribution in [-0.4, -0.2) is 42.5 Å². The minimum Gasteiger partial charge on any atom is -0.357 e. The molecule has 1 atom stereocenters. The largest absolute Gasteiger partial charge is 0.357 e. The molecule has 2 rings (SSSR count). The lowest BCUT2D eigenvalue weighted by atomic mass is 10.1. The number of hydrogen-bond acceptors (Lipinski definition) is 5. The minimum atomic E-state index is -0.597. The smallest absolute Gasteiger partial charge is 0.239 e. The molecule has 1 aromatic heterocycles. The van der Waals surface area contributed by atoms with Gasteiger partial charge in [-0.05, 0) is 42.9 Å². The van der Waals surface area contributed by atoms with E-state index in [0.717, 1.165) is 24.5 Å². The Kier molecular flexibility index (Phi) is 12.0. The van der Waals surface area contributed by atoms with Gasteiger partial charge in [0.25, 0.3) is 0 Å². The molecule has 0 aliphatic carbocycles. The number of carbonyl (C=O) groups is 2. The van der Waals surface area contributed by atoms with Gasteiger partial charge in [-0.1, -0.05) is 13.8 Å². The fraction of sp³-hybridized carbons (Fsp3) is 0.611. The third-order valence-corrected chi connectivity index (χ3v) is 4.42. The summed E-state index contributed by atoms with van der Waals surface area (Å²) in [6, 6.07) is 3.31. The minimum absolute atomic E-state index is 0. The van der Waals surface area contributed by atoms with Crippen LogP contribution in [0.3, 0.4) is 0 Å². The van der Waals surface area contributed by atoms with Gasteiger partial charge in [0, 0.05) is 25.8 Å². The van der Waals surface area contributed by atoms with Crippen LogP contribution in [0.1, 0.15) is 38.7 Å². The average Bonchev–Trinajstić information content (AvgIpc) is 2.64. The van der Waals surface area contributed by atoms with E-state index in [1.165, 1.54) is 19.3 Å². The molecular weight excluding hydrogens is 389 g/mol. The molecule has 1 fully saturated rings. The molecule has 154 valence electrons. The molecule has 0 bridgehead atoms. The highest BCUT2D eigenvalue weighted by atomic mass is 35.5. The third-order valence-electron chi connectivity index (χ3n) is 4.42. The first-order valence-corrected chi connectivity index (χ1v) is 8.97. The van der Waals surface area contributed by atoms with Crippen molar-refractivity contribution >= 4 is 42.4 Å². The van der Waals surface area contributed by atoms with Gasteiger partial charge in [-0.2, -0.15) is 0 Å². The van der Waals surface area contributed by atoms with Gasteiger partial charge in [-0.15, -0.1) is 24.8 Å². The number of amides is 2. The topological polar surface area (TPSA) is 100 Å². The molecule has 0 aromatic carbocycles. The van der Waals surface area contributed by atoms with Crippen molar-refractivity contribution < 1.29 is 9.59 Å². The van der Waals surface area contributed by atoms with E-state index < -0.39 is 6.04 Å². The number of hydrogen-bond donors (Lipinski definition) is 3. The number of anilines is 1. The van der Waals surface area contributed by atoms with Gasteiger partial charge in [-0.25, -0.2) is 4.98 Å². The quantitative estimate of drug-likeness (QED) is 0.623. The van der Waals surface area contributed by atoms with Crippen molar-refractivity contribution in [3.8, 4) is 0 Å². The third kappa shape index (κ3) is 8.32. The highest BCUT2D eigenvalue weighted by molar-refractivity contribution is 5.87. The monoisotopic (exact) mass is 419 g/mol. The van der Waals surface area contributed by atoms with Gasteiger partial charge in [0.05, 0.1) is 12.6 Å². The summed E-state index contributed by atoms with van der Waals surface area (Å²) >= 11 is 0. The Hall–Kier alpha value is -1.57. The van der Waals surface area contributed by atoms with E-state index in [1.807, 2.05) is 26.0 Å². The molecule has 1 aromatic rings. The van der Waals surface area contributed by atoms with Crippen molar-refractivity contribution in [1.29, 1.82) is 0 Å². The standard InChI is InChI=1S/C18H29N5O2.2ClH/c1-13(2)17(19)18(25)22-12-16(24)21-11-14-6-7-20-15(10-14)23-8-4-3-5-9-23;;/h6-7,10,13,17H,3-5,8-9,11-12,19H2,1-2H3,(H,21,24)(H,22,25);2*1H/t17-;;/m0../s1. The SMILES string of the molecule is CC(C)[C@H](N)C(=O)NCC(=O)NCc1ccnc(N2CCCCC2)c1.Cl.Cl. The Balaban J connectivity index is 0.00000338. The van der Waals surface area contributed by atoms with Gasteiger partial charge in [0.15, 0.2) is 0 Å². The molecule has 1 saturated heterocycles. The van der Waals surface area contributed by atoms with Gasteiger partial charge in [0.2, 0.25) is 11.8 Å². The van der Waals surface area contributed by atoms with Crippen LogP contribution in [-0.2, 0) is 16.1 Å². The molecule has 2 amide bonds. The second kappa shape index (κ2) is 12.8. The van der Waals surface area contributed by atoms with Gasteiger partial charge >= 0.3 is 0 Å². The summed E-state index contributed by atoms with van der Waals surface area (Å²) in [5, 5.41) is 5.38. The molecular formula is C18H31Cl2N5O2. The summed E-state index contributed by atoms with van der Waals surface area (Å²) in [7, 11) is 0. The van der Waals surface area contributed by atoms with E-state index in [9.17, 15) is 9.59 Å². The number of carbonyl (C=O) groups excluding carboxylic acids is 2. The zero-order valence-corrected chi connectivity index (χ0v) is 17.6. The molecule has 2 heterocycles. The molecule has 1 aliphatic rings. The summed E-state index contributed by atoms with van der Waals surface area (Å²) in [5.41, 5.74) is 6.74. The normalized spacial score (nSPS) is 14.6. The molecule has 0 spiro atoms. The Bertz CT molecular complexity index is 595. The van der Waals surface area contributed by atoms with Crippen LogP contribution >= 0.6 is 24.8 Å². The molecule has 7 nitrogen and oxygen atoms in total. The summed E-state index contributed by atoms with van der Waals surface area (Å²) in [4.78, 5) is 30.4. The lowest BCUT2D eigenvalue weighted by molar-refractivity contribution is -0.127. The lowest BCUT2D eigenvalue weighted by Crippen LogP contribution is -2.47. The number of piperidine rings is 1. The first kappa shape index (κ1) is 25.4. The Labute approximate surface area is 173 Å². The van der Waals surface area contributed by atoms with Crippen LogP contribution in [0.15, 0.2) is 18.3 Å². The lowest BCUT2D eigenvalue weighted by Gasteiger charge is -2.27. The van der Waals surface area contributed by atoms with Crippen molar-refractivity contribution in [3.63, 3.8) is 0 Å². The summed E-state index contributed by atoms with van der Waals surface area (Å²) in [6.45, 7) is 6.15. The molecule has 9 heteroatoms. The highest BCUT2D eigenvalue weighted by Crippen LogP contribution is 2.18. The molecule has 0 radical (unpaired) electrons. The number of halogens is 2. The second-order valence-corrected chi connectivity index (χ2v) is 6.83. The van der Waals surface area contributed by atoms with Crippen molar-refractivity contribution in [2.75, 3.05) is 24.5 Å². The van der Waals surface area contributed by atoms with E-state index >= 15 is 0 Å². The highest BCUT2D eigenvalue weighted by Gasteiger charge is 2.17. The maximum Gasteiger partial charge on any atom is 0.239 e. The number of pyridine rings is 1. The van der Waals surface area contributed by atoms with Crippen molar-refractivity contribution in [2.45, 2.75) is 45.7 Å². The van der Waals surface area contributed by atoms with E-state index in [0.29, 0.717) is 6.54 Å². The first-order valence-electron chi connectivity index (χ1n) is 8.97. The number of nitrogens with two attached hydrogens (primary N) is 1. The van der Waals surface area contributed by atoms with E-state index in [-0.39, 0.29) is 49.1 Å². The Morgan fingerprint density at radius 2 is 1.85 bits per heavy atom. The first-order chi connectivity index (χ1) is 12.0. The molecule has 1 aliphatic heterocycles. The zero-order valence-electron chi connectivity index (χ0n) is 15.9. The Morgan fingerprint density at radius 3 is 2.48 bits per heavy atom. The maximum atomic E-state index is 11.9. The zero-order chi connectivity index (χ0) is 18.2. The molecule has 0 saturated carbocycles. The number of rotatable bonds is 7. The Morgan fingerprint density at radius 1 is 1.19 bits per heavy atom. The van der Waals surface area contributed by atoms with Crippen molar-refractivity contribution in [1.82, 2.24) is 15.6 Å². The number of nitrogens with zero attached hydrogens (tertiary/aromatic N) is 2. The molecule has 4 N–H and O–H groups in total. The van der Waals surface area contributed by atoms with E-state index in [4.69, 9.17) is 5.73 Å². The number of nitrogens with one attached hydrogen (secondary N) is 2. The van der Waals surface area contributed by atoms with E-state index in [2.05, 4.69) is 20.5 Å². The summed E-state index contributed by atoms with van der Waals surface area (Å²) < 4.78 is 0. The second-order valence-electron chi connectivity index (χ2n) is 6.83. The average molecular weight is 420 g/mol. The maximum absolute atomic E-state index is 11.9. The van der Waals surface area contributed by atoms with Crippen LogP contribution < -0.4 is 21.3 Å². The van der Waals surface area contributed by atoms with Crippen molar-refractivity contribution in [3.05, 3.63) is 23.9 Å². The van der Waals surface area contributed by atoms with Gasteiger partial charge in [-0.3, -0.25) is 9.59 Å². The van der Waals surface area contributed by atoms with Crippen LogP contribution in [0.25, 0.3) is 0 Å². The number of aromatic nitrogens is 1. The van der Waals surface area contributed by atoms with E-state index in [1.54, 1.807) is 6.20 Å².